The summed E-state index contributed by atoms with van der Waals surface area (Å²) in [6.45, 7) is 0. The van der Waals surface area contributed by atoms with E-state index in [1.807, 2.05) is 0 Å². The molecule has 1 aromatic rings. The van der Waals surface area contributed by atoms with Gasteiger partial charge >= 0.3 is 0 Å². The predicted molar refractivity (Wildman–Crippen MR) is 78.2 cm³/mol. The van der Waals surface area contributed by atoms with E-state index in [1.54, 1.807) is 0 Å². The topological polar surface area (TPSA) is 85.8 Å². The minimum atomic E-state index is -0.464. The lowest BCUT2D eigenvalue weighted by Gasteiger charge is -2.26. The molecule has 1 heterocycles. The van der Waals surface area contributed by atoms with Crippen LogP contribution >= 0.6 is 15.9 Å². The van der Waals surface area contributed by atoms with Crippen LogP contribution in [0, 0.1) is 17.2 Å². The molecule has 1 amide bonds. The smallest absolute Gasteiger partial charge is 0.262 e. The maximum Gasteiger partial charge on any atom is 0.262 e. The Morgan fingerprint density at radius 1 is 1.45 bits per heavy atom. The number of hydrogen-bond donors (Lipinski definition) is 2. The highest BCUT2D eigenvalue weighted by Crippen LogP contribution is 2.26. The summed E-state index contributed by atoms with van der Waals surface area (Å²) in [4.78, 5) is 25.8. The number of halogens is 1. The molecular weight excluding hydrogens is 322 g/mol. The summed E-state index contributed by atoms with van der Waals surface area (Å²) in [5.74, 6) is -0.108. The fourth-order valence-corrected chi connectivity index (χ4v) is 2.90. The van der Waals surface area contributed by atoms with E-state index in [1.165, 1.54) is 18.7 Å². The Hall–Kier alpha value is -1.61. The Kier molecular flexibility index (Phi) is 4.96. The Labute approximate surface area is 125 Å². The van der Waals surface area contributed by atoms with E-state index < -0.39 is 6.04 Å². The first-order chi connectivity index (χ1) is 9.61. The van der Waals surface area contributed by atoms with Crippen LogP contribution in [0.2, 0.25) is 0 Å². The van der Waals surface area contributed by atoms with Gasteiger partial charge in [0.15, 0.2) is 0 Å². The average molecular weight is 338 g/mol. The Balaban J connectivity index is 2.06. The van der Waals surface area contributed by atoms with Crippen molar-refractivity contribution in [3.05, 3.63) is 32.7 Å². The second-order valence-electron chi connectivity index (χ2n) is 5.04. The number of nitriles is 1. The number of aromatic amines is 1. The van der Waals surface area contributed by atoms with Crippen molar-refractivity contribution in [2.45, 2.75) is 38.1 Å². The summed E-state index contributed by atoms with van der Waals surface area (Å²) in [7, 11) is 0. The molecule has 0 unspecified atom stereocenters. The highest BCUT2D eigenvalue weighted by Gasteiger charge is 2.25. The summed E-state index contributed by atoms with van der Waals surface area (Å²) < 4.78 is 0.302. The highest BCUT2D eigenvalue weighted by molar-refractivity contribution is 9.10. The fraction of sp³-hybridized carbons (Fsp3) is 0.500. The van der Waals surface area contributed by atoms with Gasteiger partial charge in [-0.3, -0.25) is 9.59 Å². The van der Waals surface area contributed by atoms with Crippen molar-refractivity contribution in [2.24, 2.45) is 5.92 Å². The van der Waals surface area contributed by atoms with Crippen LogP contribution in [0.3, 0.4) is 0 Å². The summed E-state index contributed by atoms with van der Waals surface area (Å²) in [6.07, 6.45) is 6.75. The molecule has 0 bridgehead atoms. The fourth-order valence-electron chi connectivity index (χ4n) is 2.53. The number of aromatic nitrogens is 1. The molecule has 2 N–H and O–H groups in total. The molecule has 1 aliphatic rings. The van der Waals surface area contributed by atoms with Crippen molar-refractivity contribution in [1.82, 2.24) is 10.3 Å². The Bertz CT molecular complexity index is 585. The van der Waals surface area contributed by atoms with Crippen LogP contribution in [0.4, 0.5) is 0 Å². The second kappa shape index (κ2) is 6.71. The van der Waals surface area contributed by atoms with Crippen LogP contribution in [-0.2, 0) is 0 Å². The van der Waals surface area contributed by atoms with Gasteiger partial charge in [0.25, 0.3) is 11.5 Å². The van der Waals surface area contributed by atoms with Gasteiger partial charge in [-0.15, -0.1) is 0 Å². The van der Waals surface area contributed by atoms with E-state index in [0.29, 0.717) is 10.0 Å². The SMILES string of the molecule is N#C[C@H](NC(=O)c1c[nH]c(=O)c(Br)c1)C1CCCCC1. The van der Waals surface area contributed by atoms with Crippen LogP contribution < -0.4 is 10.9 Å². The molecule has 2 rings (SSSR count). The van der Waals surface area contributed by atoms with Gasteiger partial charge < -0.3 is 10.3 Å². The zero-order valence-electron chi connectivity index (χ0n) is 11.0. The normalized spacial score (nSPS) is 17.2. The Morgan fingerprint density at radius 3 is 2.75 bits per heavy atom. The molecule has 0 spiro atoms. The van der Waals surface area contributed by atoms with Gasteiger partial charge in [0.05, 0.1) is 16.1 Å². The molecule has 5 nitrogen and oxygen atoms in total. The maximum absolute atomic E-state index is 12.1. The lowest BCUT2D eigenvalue weighted by Crippen LogP contribution is -2.40. The molecule has 20 heavy (non-hydrogen) atoms. The molecular formula is C14H16BrN3O2. The highest BCUT2D eigenvalue weighted by atomic mass is 79.9. The van der Waals surface area contributed by atoms with Crippen LogP contribution in [0.15, 0.2) is 21.5 Å². The van der Waals surface area contributed by atoms with E-state index in [0.717, 1.165) is 25.7 Å². The van der Waals surface area contributed by atoms with Crippen molar-refractivity contribution in [3.8, 4) is 6.07 Å². The van der Waals surface area contributed by atoms with E-state index in [2.05, 4.69) is 32.3 Å². The predicted octanol–water partition coefficient (Wildman–Crippen LogP) is 2.34. The molecule has 106 valence electrons. The van der Waals surface area contributed by atoms with Gasteiger partial charge in [-0.2, -0.15) is 5.26 Å². The van der Waals surface area contributed by atoms with E-state index >= 15 is 0 Å². The third-order valence-electron chi connectivity index (χ3n) is 3.67. The number of pyridine rings is 1. The third-order valence-corrected chi connectivity index (χ3v) is 4.26. The number of nitrogens with one attached hydrogen (secondary N) is 2. The second-order valence-corrected chi connectivity index (χ2v) is 5.90. The first-order valence-electron chi connectivity index (χ1n) is 6.70. The van der Waals surface area contributed by atoms with Crippen LogP contribution in [0.5, 0.6) is 0 Å². The van der Waals surface area contributed by atoms with E-state index in [-0.39, 0.29) is 17.4 Å². The lowest BCUT2D eigenvalue weighted by molar-refractivity contribution is 0.0928. The first kappa shape index (κ1) is 14.8. The van der Waals surface area contributed by atoms with Crippen LogP contribution in [-0.4, -0.2) is 16.9 Å². The Morgan fingerprint density at radius 2 is 2.15 bits per heavy atom. The number of carbonyl (C=O) groups is 1. The maximum atomic E-state index is 12.1. The minimum absolute atomic E-state index is 0.226. The van der Waals surface area contributed by atoms with Crippen LogP contribution in [0.1, 0.15) is 42.5 Å². The van der Waals surface area contributed by atoms with Gasteiger partial charge in [-0.05, 0) is 40.8 Å². The monoisotopic (exact) mass is 337 g/mol. The summed E-state index contributed by atoms with van der Waals surface area (Å²) in [6, 6.07) is 3.18. The molecule has 1 atom stereocenters. The molecule has 1 aromatic heterocycles. The molecule has 1 fully saturated rings. The average Bonchev–Trinajstić information content (AvgIpc) is 2.48. The van der Waals surface area contributed by atoms with Gasteiger partial charge in [-0.1, -0.05) is 19.3 Å². The summed E-state index contributed by atoms with van der Waals surface area (Å²) in [5.41, 5.74) is 0.0539. The first-order valence-corrected chi connectivity index (χ1v) is 7.50. The quantitative estimate of drug-likeness (QED) is 0.887. The number of nitrogens with zero attached hydrogens (tertiary/aromatic N) is 1. The third kappa shape index (κ3) is 3.48. The standard InChI is InChI=1S/C14H16BrN3O2/c15-11-6-10(8-17-14(11)20)13(19)18-12(7-16)9-4-2-1-3-5-9/h6,8-9,12H,1-5H2,(H,17,20)(H,18,19)/t12-/m0/s1. The zero-order valence-corrected chi connectivity index (χ0v) is 12.6. The van der Waals surface area contributed by atoms with Gasteiger partial charge in [0.1, 0.15) is 6.04 Å². The van der Waals surface area contributed by atoms with Crippen molar-refractivity contribution >= 4 is 21.8 Å². The number of rotatable bonds is 3. The molecule has 6 heteroatoms. The molecule has 0 saturated heterocycles. The minimum Gasteiger partial charge on any atom is -0.336 e. The summed E-state index contributed by atoms with van der Waals surface area (Å²) >= 11 is 3.09. The van der Waals surface area contributed by atoms with Crippen molar-refractivity contribution in [3.63, 3.8) is 0 Å². The number of carbonyl (C=O) groups excluding carboxylic acids is 1. The van der Waals surface area contributed by atoms with Gasteiger partial charge in [0, 0.05) is 6.20 Å². The molecule has 0 aromatic carbocycles. The molecule has 1 aliphatic carbocycles. The number of amides is 1. The van der Waals surface area contributed by atoms with Gasteiger partial charge in [0.2, 0.25) is 0 Å². The molecule has 0 radical (unpaired) electrons. The number of H-pyrrole nitrogens is 1. The zero-order chi connectivity index (χ0) is 14.5. The van der Waals surface area contributed by atoms with Crippen LogP contribution in [0.25, 0.3) is 0 Å². The van der Waals surface area contributed by atoms with Crippen molar-refractivity contribution in [2.75, 3.05) is 0 Å². The molecule has 1 saturated carbocycles. The van der Waals surface area contributed by atoms with Crippen molar-refractivity contribution < 1.29 is 4.79 Å². The largest absolute Gasteiger partial charge is 0.336 e. The van der Waals surface area contributed by atoms with Crippen molar-refractivity contribution in [1.29, 1.82) is 5.26 Å². The lowest BCUT2D eigenvalue weighted by atomic mass is 9.84. The molecule has 0 aliphatic heterocycles. The van der Waals surface area contributed by atoms with Gasteiger partial charge in [-0.25, -0.2) is 0 Å². The summed E-state index contributed by atoms with van der Waals surface area (Å²) in [5, 5.41) is 12.0. The van der Waals surface area contributed by atoms with E-state index in [4.69, 9.17) is 0 Å². The van der Waals surface area contributed by atoms with E-state index in [9.17, 15) is 14.9 Å². The number of hydrogen-bond acceptors (Lipinski definition) is 3.